The summed E-state index contributed by atoms with van der Waals surface area (Å²) in [6.07, 6.45) is 8.79. The predicted molar refractivity (Wildman–Crippen MR) is 101 cm³/mol. The Bertz CT molecular complexity index is 882. The van der Waals surface area contributed by atoms with E-state index in [4.69, 9.17) is 9.72 Å². The molecule has 4 rings (SSSR count). The molecule has 2 aromatic heterocycles. The van der Waals surface area contributed by atoms with E-state index in [1.54, 1.807) is 13.3 Å². The van der Waals surface area contributed by atoms with Crippen molar-refractivity contribution in [2.24, 2.45) is 0 Å². The van der Waals surface area contributed by atoms with E-state index in [-0.39, 0.29) is 6.04 Å². The van der Waals surface area contributed by atoms with Gasteiger partial charge in [-0.25, -0.2) is 9.97 Å². The van der Waals surface area contributed by atoms with Crippen molar-refractivity contribution in [2.75, 3.05) is 7.11 Å². The summed E-state index contributed by atoms with van der Waals surface area (Å²) >= 11 is 0. The Balaban J connectivity index is 1.52. The van der Waals surface area contributed by atoms with Gasteiger partial charge in [-0.05, 0) is 49.1 Å². The number of benzene rings is 1. The topological polar surface area (TPSA) is 59.9 Å². The molecule has 1 atom stereocenters. The highest BCUT2D eigenvalue weighted by Gasteiger charge is 2.22. The number of pyridine rings is 1. The number of rotatable bonds is 5. The van der Waals surface area contributed by atoms with E-state index in [1.807, 2.05) is 36.7 Å². The molecule has 1 aliphatic carbocycles. The van der Waals surface area contributed by atoms with Gasteiger partial charge < -0.3 is 10.1 Å². The van der Waals surface area contributed by atoms with Crippen molar-refractivity contribution in [1.82, 2.24) is 20.3 Å². The molecule has 0 spiro atoms. The Morgan fingerprint density at radius 1 is 1.19 bits per heavy atom. The molecule has 0 saturated carbocycles. The summed E-state index contributed by atoms with van der Waals surface area (Å²) in [5.41, 5.74) is 4.53. The van der Waals surface area contributed by atoms with E-state index in [1.165, 1.54) is 11.1 Å². The zero-order chi connectivity index (χ0) is 17.8. The Kier molecular flexibility index (Phi) is 4.88. The van der Waals surface area contributed by atoms with E-state index in [0.717, 1.165) is 48.6 Å². The summed E-state index contributed by atoms with van der Waals surface area (Å²) in [5.74, 6) is 1.64. The predicted octanol–water partition coefficient (Wildman–Crippen LogP) is 3.71. The van der Waals surface area contributed by atoms with Crippen LogP contribution >= 0.6 is 0 Å². The SMILES string of the molecule is COc1cccc(CNC2CCCc3nc(-c4cccnc4)ncc32)c1. The first-order chi connectivity index (χ1) is 12.8. The monoisotopic (exact) mass is 346 g/mol. The van der Waals surface area contributed by atoms with Gasteiger partial charge in [0, 0.05) is 48.0 Å². The zero-order valence-electron chi connectivity index (χ0n) is 14.9. The van der Waals surface area contributed by atoms with Gasteiger partial charge in [-0.2, -0.15) is 0 Å². The number of nitrogens with zero attached hydrogens (tertiary/aromatic N) is 3. The number of hydrogen-bond donors (Lipinski definition) is 1. The van der Waals surface area contributed by atoms with Crippen LogP contribution in [0.3, 0.4) is 0 Å². The molecule has 1 aliphatic rings. The molecule has 0 saturated heterocycles. The maximum atomic E-state index is 5.31. The second-order valence-electron chi connectivity index (χ2n) is 6.51. The van der Waals surface area contributed by atoms with Gasteiger partial charge in [0.15, 0.2) is 5.82 Å². The van der Waals surface area contributed by atoms with Gasteiger partial charge in [0.2, 0.25) is 0 Å². The molecular weight excluding hydrogens is 324 g/mol. The number of ether oxygens (including phenoxy) is 1. The molecule has 132 valence electrons. The summed E-state index contributed by atoms with van der Waals surface area (Å²) in [4.78, 5) is 13.6. The minimum absolute atomic E-state index is 0.285. The summed E-state index contributed by atoms with van der Waals surface area (Å²) in [7, 11) is 1.70. The lowest BCUT2D eigenvalue weighted by Crippen LogP contribution is -2.26. The highest BCUT2D eigenvalue weighted by Crippen LogP contribution is 2.29. The van der Waals surface area contributed by atoms with E-state index in [0.29, 0.717) is 0 Å². The van der Waals surface area contributed by atoms with E-state index >= 15 is 0 Å². The molecule has 0 amide bonds. The minimum Gasteiger partial charge on any atom is -0.497 e. The van der Waals surface area contributed by atoms with Crippen LogP contribution in [0, 0.1) is 0 Å². The van der Waals surface area contributed by atoms with Gasteiger partial charge in [-0.1, -0.05) is 12.1 Å². The van der Waals surface area contributed by atoms with E-state index < -0.39 is 0 Å². The van der Waals surface area contributed by atoms with Gasteiger partial charge in [0.05, 0.1) is 7.11 Å². The zero-order valence-corrected chi connectivity index (χ0v) is 14.9. The van der Waals surface area contributed by atoms with Crippen LogP contribution < -0.4 is 10.1 Å². The van der Waals surface area contributed by atoms with Crippen LogP contribution in [-0.4, -0.2) is 22.1 Å². The first kappa shape index (κ1) is 16.7. The molecule has 2 heterocycles. The van der Waals surface area contributed by atoms with Crippen LogP contribution in [0.1, 0.15) is 35.7 Å². The van der Waals surface area contributed by atoms with Gasteiger partial charge >= 0.3 is 0 Å². The van der Waals surface area contributed by atoms with Gasteiger partial charge in [-0.15, -0.1) is 0 Å². The minimum atomic E-state index is 0.285. The second kappa shape index (κ2) is 7.62. The van der Waals surface area contributed by atoms with Crippen molar-refractivity contribution < 1.29 is 4.74 Å². The van der Waals surface area contributed by atoms with Crippen LogP contribution in [0.4, 0.5) is 0 Å². The second-order valence-corrected chi connectivity index (χ2v) is 6.51. The first-order valence-corrected chi connectivity index (χ1v) is 8.96. The highest BCUT2D eigenvalue weighted by atomic mass is 16.5. The van der Waals surface area contributed by atoms with Crippen LogP contribution in [0.25, 0.3) is 11.4 Å². The number of hydrogen-bond acceptors (Lipinski definition) is 5. The molecule has 1 N–H and O–H groups in total. The standard InChI is InChI=1S/C21H22N4O/c1-26-17-7-2-5-15(11-17)12-23-19-8-3-9-20-18(19)14-24-21(25-20)16-6-4-10-22-13-16/h2,4-7,10-11,13-14,19,23H,3,8-9,12H2,1H3. The summed E-state index contributed by atoms with van der Waals surface area (Å²) < 4.78 is 5.31. The Morgan fingerprint density at radius 2 is 2.15 bits per heavy atom. The van der Waals surface area contributed by atoms with Gasteiger partial charge in [-0.3, -0.25) is 4.98 Å². The lowest BCUT2D eigenvalue weighted by Gasteiger charge is -2.26. The largest absolute Gasteiger partial charge is 0.497 e. The lowest BCUT2D eigenvalue weighted by molar-refractivity contribution is 0.413. The summed E-state index contributed by atoms with van der Waals surface area (Å²) in [6, 6.07) is 12.4. The molecule has 3 aromatic rings. The van der Waals surface area contributed by atoms with E-state index in [2.05, 4.69) is 27.4 Å². The van der Waals surface area contributed by atoms with Crippen LogP contribution in [0.15, 0.2) is 55.0 Å². The molecular formula is C21H22N4O. The van der Waals surface area contributed by atoms with E-state index in [9.17, 15) is 0 Å². The molecule has 0 fully saturated rings. The van der Waals surface area contributed by atoms with Crippen molar-refractivity contribution in [3.8, 4) is 17.1 Å². The van der Waals surface area contributed by atoms with Crippen molar-refractivity contribution in [2.45, 2.75) is 31.8 Å². The number of methoxy groups -OCH3 is 1. The molecule has 0 radical (unpaired) electrons. The lowest BCUT2D eigenvalue weighted by atomic mass is 9.92. The van der Waals surface area contributed by atoms with Gasteiger partial charge in [0.25, 0.3) is 0 Å². The maximum Gasteiger partial charge on any atom is 0.160 e. The van der Waals surface area contributed by atoms with Crippen molar-refractivity contribution >= 4 is 0 Å². The number of aryl methyl sites for hydroxylation is 1. The van der Waals surface area contributed by atoms with Crippen molar-refractivity contribution in [1.29, 1.82) is 0 Å². The Labute approximate surface area is 153 Å². The fraction of sp³-hybridized carbons (Fsp3) is 0.286. The molecule has 26 heavy (non-hydrogen) atoms. The molecule has 5 heteroatoms. The number of fused-ring (bicyclic) bond motifs is 1. The normalized spacial score (nSPS) is 16.1. The number of aromatic nitrogens is 3. The molecule has 1 unspecified atom stereocenters. The van der Waals surface area contributed by atoms with Crippen LogP contribution in [0.2, 0.25) is 0 Å². The van der Waals surface area contributed by atoms with Crippen molar-refractivity contribution in [3.05, 3.63) is 71.8 Å². The third-order valence-electron chi connectivity index (χ3n) is 4.79. The average molecular weight is 346 g/mol. The quantitative estimate of drug-likeness (QED) is 0.763. The summed E-state index contributed by atoms with van der Waals surface area (Å²) in [6.45, 7) is 0.797. The third kappa shape index (κ3) is 3.58. The molecule has 1 aromatic carbocycles. The van der Waals surface area contributed by atoms with Gasteiger partial charge in [0.1, 0.15) is 5.75 Å². The van der Waals surface area contributed by atoms with Crippen LogP contribution in [-0.2, 0) is 13.0 Å². The third-order valence-corrected chi connectivity index (χ3v) is 4.79. The fourth-order valence-corrected chi connectivity index (χ4v) is 3.42. The smallest absolute Gasteiger partial charge is 0.160 e. The Morgan fingerprint density at radius 3 is 3.00 bits per heavy atom. The average Bonchev–Trinajstić information content (AvgIpc) is 2.72. The summed E-state index contributed by atoms with van der Waals surface area (Å²) in [5, 5.41) is 3.66. The first-order valence-electron chi connectivity index (χ1n) is 8.96. The fourth-order valence-electron chi connectivity index (χ4n) is 3.42. The highest BCUT2D eigenvalue weighted by molar-refractivity contribution is 5.53. The number of nitrogens with one attached hydrogen (secondary N) is 1. The molecule has 5 nitrogen and oxygen atoms in total. The Hall–Kier alpha value is -2.79. The molecule has 0 aliphatic heterocycles. The van der Waals surface area contributed by atoms with Crippen molar-refractivity contribution in [3.63, 3.8) is 0 Å². The maximum absolute atomic E-state index is 5.31. The van der Waals surface area contributed by atoms with Crippen LogP contribution in [0.5, 0.6) is 5.75 Å². The molecule has 0 bridgehead atoms.